The van der Waals surface area contributed by atoms with Gasteiger partial charge in [0, 0.05) is 43.0 Å². The third-order valence-corrected chi connectivity index (χ3v) is 7.05. The number of amides is 5. The number of benzene rings is 2. The third-order valence-electron chi connectivity index (χ3n) is 7.05. The number of hydrogen-bond acceptors (Lipinski definition) is 9. The maximum atomic E-state index is 13.1. The second-order valence-corrected chi connectivity index (χ2v) is 13.5. The number of nitro benzene ring substituents is 1. The van der Waals surface area contributed by atoms with E-state index in [1.165, 1.54) is 24.3 Å². The van der Waals surface area contributed by atoms with Crippen LogP contribution in [0.2, 0.25) is 0 Å². The average molecular weight is 715 g/mol. The summed E-state index contributed by atoms with van der Waals surface area (Å²) in [6.45, 7) is 8.50. The summed E-state index contributed by atoms with van der Waals surface area (Å²) in [7, 11) is 0. The summed E-state index contributed by atoms with van der Waals surface area (Å²) in [6, 6.07) is 7.23. The van der Waals surface area contributed by atoms with E-state index in [9.17, 15) is 49.1 Å². The molecule has 51 heavy (non-hydrogen) atoms. The molecule has 0 fully saturated rings. The Morgan fingerprint density at radius 3 is 1.80 bits per heavy atom. The molecule has 0 aromatic heterocycles. The lowest BCUT2D eigenvalue weighted by molar-refractivity contribution is -0.384. The molecule has 0 saturated carbocycles. The van der Waals surface area contributed by atoms with Gasteiger partial charge in [0.15, 0.2) is 6.04 Å². The van der Waals surface area contributed by atoms with Crippen LogP contribution < -0.4 is 26.6 Å². The van der Waals surface area contributed by atoms with Gasteiger partial charge in [-0.3, -0.25) is 24.5 Å². The molecule has 5 amide bonds. The van der Waals surface area contributed by atoms with Gasteiger partial charge < -0.3 is 41.5 Å². The molecule has 2 rings (SSSR count). The van der Waals surface area contributed by atoms with E-state index in [0.29, 0.717) is 16.9 Å². The topological polar surface area (TPSA) is 255 Å². The number of anilines is 2. The van der Waals surface area contributed by atoms with E-state index in [4.69, 9.17) is 4.74 Å². The Morgan fingerprint density at radius 1 is 0.784 bits per heavy atom. The highest BCUT2D eigenvalue weighted by Gasteiger charge is 2.28. The number of urea groups is 1. The molecule has 3 atom stereocenters. The molecule has 7 N–H and O–H groups in total. The number of hydrogen-bond donors (Lipinski definition) is 7. The van der Waals surface area contributed by atoms with E-state index >= 15 is 0 Å². The molecule has 3 unspecified atom stereocenters. The SMILES string of the molecule is CC(C)CC(NC(=O)Cc1ccc(NC(=O)Nc2ccc([N+](=O)[O-])cc2)cc1)C(=O)NC(CCOCC(NC(=O)CC(C)(C)C)C(=O)O)C(=O)O. The van der Waals surface area contributed by atoms with Crippen LogP contribution in [0.3, 0.4) is 0 Å². The second-order valence-electron chi connectivity index (χ2n) is 13.5. The molecule has 0 aliphatic rings. The lowest BCUT2D eigenvalue weighted by Crippen LogP contribution is -2.52. The highest BCUT2D eigenvalue weighted by molar-refractivity contribution is 5.99. The number of nitrogens with zero attached hydrogens (tertiary/aromatic N) is 1. The smallest absolute Gasteiger partial charge is 0.328 e. The summed E-state index contributed by atoms with van der Waals surface area (Å²) in [4.78, 5) is 84.2. The molecule has 0 heterocycles. The first-order valence-electron chi connectivity index (χ1n) is 16.2. The first-order chi connectivity index (χ1) is 23.8. The normalized spacial score (nSPS) is 12.9. The maximum Gasteiger partial charge on any atom is 0.328 e. The Morgan fingerprint density at radius 2 is 1.31 bits per heavy atom. The number of aliphatic carboxylic acids is 2. The van der Waals surface area contributed by atoms with E-state index in [2.05, 4.69) is 26.6 Å². The number of nitro groups is 1. The number of ether oxygens (including phenoxy) is 1. The molecule has 17 nitrogen and oxygen atoms in total. The number of carbonyl (C=O) groups excluding carboxylic acids is 4. The molecule has 0 bridgehead atoms. The molecule has 17 heteroatoms. The number of rotatable bonds is 19. The highest BCUT2D eigenvalue weighted by atomic mass is 16.6. The summed E-state index contributed by atoms with van der Waals surface area (Å²) in [5.74, 6) is -4.41. The van der Waals surface area contributed by atoms with Crippen molar-refractivity contribution >= 4 is 52.8 Å². The van der Waals surface area contributed by atoms with Crippen molar-refractivity contribution in [3.05, 3.63) is 64.2 Å². The number of carboxylic acid groups (broad SMARTS) is 2. The van der Waals surface area contributed by atoms with E-state index < -0.39 is 65.3 Å². The van der Waals surface area contributed by atoms with E-state index in [-0.39, 0.29) is 49.3 Å². The monoisotopic (exact) mass is 714 g/mol. The third kappa shape index (κ3) is 16.1. The Labute approximate surface area is 295 Å². The highest BCUT2D eigenvalue weighted by Crippen LogP contribution is 2.18. The van der Waals surface area contributed by atoms with Gasteiger partial charge in [0.2, 0.25) is 17.7 Å². The zero-order chi connectivity index (χ0) is 38.3. The molecule has 278 valence electrons. The molecule has 0 saturated heterocycles. The van der Waals surface area contributed by atoms with Crippen LogP contribution in [0.1, 0.15) is 59.4 Å². The van der Waals surface area contributed by atoms with Gasteiger partial charge in [-0.1, -0.05) is 46.8 Å². The zero-order valence-corrected chi connectivity index (χ0v) is 29.2. The summed E-state index contributed by atoms with van der Waals surface area (Å²) in [5, 5.41) is 42.5. The predicted molar refractivity (Wildman–Crippen MR) is 186 cm³/mol. The molecule has 0 aliphatic carbocycles. The van der Waals surface area contributed by atoms with Crippen molar-refractivity contribution in [3.63, 3.8) is 0 Å². The van der Waals surface area contributed by atoms with Gasteiger partial charge in [-0.2, -0.15) is 0 Å². The van der Waals surface area contributed by atoms with Crippen LogP contribution in [-0.4, -0.2) is 82.2 Å². The van der Waals surface area contributed by atoms with Gasteiger partial charge in [-0.05, 0) is 47.6 Å². The van der Waals surface area contributed by atoms with Crippen molar-refractivity contribution < 1.29 is 48.6 Å². The van der Waals surface area contributed by atoms with Gasteiger partial charge in [0.1, 0.15) is 12.1 Å². The fraction of sp³-hybridized carbons (Fsp3) is 0.471. The largest absolute Gasteiger partial charge is 0.480 e. The minimum absolute atomic E-state index is 0.0448. The van der Waals surface area contributed by atoms with Crippen molar-refractivity contribution in [1.82, 2.24) is 16.0 Å². The molecule has 0 radical (unpaired) electrons. The van der Waals surface area contributed by atoms with E-state index in [1.807, 2.05) is 34.6 Å². The molecular formula is C34H46N6O11. The molecule has 0 aliphatic heterocycles. The van der Waals surface area contributed by atoms with E-state index in [0.717, 1.165) is 0 Å². The van der Waals surface area contributed by atoms with Crippen LogP contribution >= 0.6 is 0 Å². The number of non-ortho nitro benzene ring substituents is 1. The van der Waals surface area contributed by atoms with Gasteiger partial charge in [-0.15, -0.1) is 0 Å². The summed E-state index contributed by atoms with van der Waals surface area (Å²) < 4.78 is 5.35. The Bertz CT molecular complexity index is 1540. The number of carboxylic acids is 2. The summed E-state index contributed by atoms with van der Waals surface area (Å²) in [6.07, 6.45) is -0.0267. The number of carbonyl (C=O) groups is 6. The van der Waals surface area contributed by atoms with Gasteiger partial charge in [-0.25, -0.2) is 14.4 Å². The Balaban J connectivity index is 1.91. The average Bonchev–Trinajstić information content (AvgIpc) is 3.01. The number of nitrogens with one attached hydrogen (secondary N) is 5. The fourth-order valence-corrected chi connectivity index (χ4v) is 4.63. The van der Waals surface area contributed by atoms with Crippen molar-refractivity contribution in [3.8, 4) is 0 Å². The van der Waals surface area contributed by atoms with Crippen LogP contribution in [-0.2, 0) is 35.1 Å². The maximum absolute atomic E-state index is 13.1. The minimum Gasteiger partial charge on any atom is -0.480 e. The van der Waals surface area contributed by atoms with Crippen molar-refractivity contribution in [1.29, 1.82) is 0 Å². The molecule has 2 aromatic carbocycles. The van der Waals surface area contributed by atoms with Crippen molar-refractivity contribution in [2.45, 2.75) is 78.4 Å². The lowest BCUT2D eigenvalue weighted by Gasteiger charge is -2.23. The van der Waals surface area contributed by atoms with Crippen molar-refractivity contribution in [2.24, 2.45) is 11.3 Å². The Kier molecular flexibility index (Phi) is 16.0. The standard InChI is InChI=1S/C34H46N6O11/c1-20(2)16-26(30(43)39-25(31(44)45)14-15-51-19-27(32(46)47)38-29(42)18-34(3,4)5)37-28(41)17-21-6-8-22(9-7-21)35-33(48)36-23-10-12-24(13-11-23)40(49)50/h6-13,20,25-27H,14-19H2,1-5H3,(H,37,41)(H,38,42)(H,39,43)(H,44,45)(H,46,47)(H2,35,36,48). The summed E-state index contributed by atoms with van der Waals surface area (Å²) in [5.41, 5.74) is 0.834. The van der Waals surface area contributed by atoms with Crippen LogP contribution in [0.15, 0.2) is 48.5 Å². The first-order valence-corrected chi connectivity index (χ1v) is 16.2. The van der Waals surface area contributed by atoms with Crippen LogP contribution in [0.4, 0.5) is 21.9 Å². The van der Waals surface area contributed by atoms with Crippen LogP contribution in [0.5, 0.6) is 0 Å². The first kappa shape index (κ1) is 41.6. The lowest BCUT2D eigenvalue weighted by atomic mass is 9.92. The summed E-state index contributed by atoms with van der Waals surface area (Å²) >= 11 is 0. The van der Waals surface area contributed by atoms with Gasteiger partial charge in [0.25, 0.3) is 5.69 Å². The molecule has 2 aromatic rings. The second kappa shape index (κ2) is 19.6. The molecular weight excluding hydrogens is 668 g/mol. The minimum atomic E-state index is -1.40. The van der Waals surface area contributed by atoms with Crippen molar-refractivity contribution in [2.75, 3.05) is 23.8 Å². The predicted octanol–water partition coefficient (Wildman–Crippen LogP) is 3.29. The van der Waals surface area contributed by atoms with Crippen LogP contribution in [0, 0.1) is 21.4 Å². The van der Waals surface area contributed by atoms with Gasteiger partial charge >= 0.3 is 18.0 Å². The quantitative estimate of drug-likeness (QED) is 0.0631. The fourth-order valence-electron chi connectivity index (χ4n) is 4.63. The van der Waals surface area contributed by atoms with Gasteiger partial charge in [0.05, 0.1) is 18.0 Å². The molecule has 0 spiro atoms. The Hall–Kier alpha value is -5.58. The zero-order valence-electron chi connectivity index (χ0n) is 29.2. The van der Waals surface area contributed by atoms with Crippen LogP contribution in [0.25, 0.3) is 0 Å². The van der Waals surface area contributed by atoms with E-state index in [1.54, 1.807) is 24.3 Å².